The zero-order chi connectivity index (χ0) is 13.9. The number of morpholine rings is 1. The number of piperidine rings is 1. The number of hydrogen-bond donors (Lipinski definition) is 1. The second kappa shape index (κ2) is 5.81. The Labute approximate surface area is 118 Å². The number of para-hydroxylation sites is 1. The summed E-state index contributed by atoms with van der Waals surface area (Å²) in [5.41, 5.74) is 2.08. The number of oxime groups is 1. The molecule has 2 unspecified atom stereocenters. The highest BCUT2D eigenvalue weighted by Crippen LogP contribution is 2.30. The van der Waals surface area contributed by atoms with Crippen molar-refractivity contribution in [3.8, 4) is 5.75 Å². The molecule has 0 radical (unpaired) electrons. The lowest BCUT2D eigenvalue weighted by Gasteiger charge is -2.45. The monoisotopic (exact) mass is 276 g/mol. The fourth-order valence-electron chi connectivity index (χ4n) is 3.18. The SMILES string of the molecule is COc1ccccc1CN1C2COCC1CC(=NO)C2. The highest BCUT2D eigenvalue weighted by Gasteiger charge is 2.37. The van der Waals surface area contributed by atoms with Gasteiger partial charge in [-0.15, -0.1) is 0 Å². The van der Waals surface area contributed by atoms with Gasteiger partial charge in [0.25, 0.3) is 0 Å². The predicted molar refractivity (Wildman–Crippen MR) is 75.4 cm³/mol. The van der Waals surface area contributed by atoms with Crippen LogP contribution in [0.5, 0.6) is 5.75 Å². The Kier molecular flexibility index (Phi) is 3.89. The van der Waals surface area contributed by atoms with Gasteiger partial charge in [0.05, 0.1) is 26.0 Å². The van der Waals surface area contributed by atoms with Gasteiger partial charge in [0.15, 0.2) is 0 Å². The quantitative estimate of drug-likeness (QED) is 0.676. The molecule has 3 rings (SSSR count). The number of hydrogen-bond acceptors (Lipinski definition) is 5. The molecule has 0 aliphatic carbocycles. The van der Waals surface area contributed by atoms with Gasteiger partial charge < -0.3 is 14.7 Å². The standard InChI is InChI=1S/C15H20N2O3/c1-19-15-5-3-2-4-11(15)8-17-13-6-12(16-18)7-14(17)10-20-9-13/h2-5,13-14,18H,6-10H2,1H3. The minimum atomic E-state index is 0.290. The molecule has 0 amide bonds. The van der Waals surface area contributed by atoms with Gasteiger partial charge in [-0.25, -0.2) is 0 Å². The molecular weight excluding hydrogens is 256 g/mol. The zero-order valence-corrected chi connectivity index (χ0v) is 11.7. The highest BCUT2D eigenvalue weighted by molar-refractivity contribution is 5.86. The predicted octanol–water partition coefficient (Wildman–Crippen LogP) is 1.89. The van der Waals surface area contributed by atoms with Crippen LogP contribution in [0.25, 0.3) is 0 Å². The van der Waals surface area contributed by atoms with Crippen LogP contribution in [-0.2, 0) is 11.3 Å². The summed E-state index contributed by atoms with van der Waals surface area (Å²) in [7, 11) is 1.70. The molecule has 0 saturated carbocycles. The lowest BCUT2D eigenvalue weighted by Crippen LogP contribution is -2.56. The van der Waals surface area contributed by atoms with Crippen LogP contribution >= 0.6 is 0 Å². The molecule has 2 aliphatic rings. The molecule has 2 heterocycles. The largest absolute Gasteiger partial charge is 0.496 e. The van der Waals surface area contributed by atoms with Gasteiger partial charge in [-0.2, -0.15) is 0 Å². The van der Waals surface area contributed by atoms with Crippen molar-refractivity contribution in [2.24, 2.45) is 5.16 Å². The second-order valence-electron chi connectivity index (χ2n) is 5.40. The zero-order valence-electron chi connectivity index (χ0n) is 11.7. The molecule has 20 heavy (non-hydrogen) atoms. The fourth-order valence-corrected chi connectivity index (χ4v) is 3.18. The average Bonchev–Trinajstić information content (AvgIpc) is 2.47. The van der Waals surface area contributed by atoms with E-state index in [4.69, 9.17) is 14.7 Å². The van der Waals surface area contributed by atoms with Crippen LogP contribution in [0, 0.1) is 0 Å². The van der Waals surface area contributed by atoms with Crippen molar-refractivity contribution in [1.29, 1.82) is 0 Å². The van der Waals surface area contributed by atoms with Crippen molar-refractivity contribution in [3.05, 3.63) is 29.8 Å². The number of rotatable bonds is 3. The van der Waals surface area contributed by atoms with Crippen LogP contribution in [0.1, 0.15) is 18.4 Å². The molecule has 1 aromatic carbocycles. The van der Waals surface area contributed by atoms with E-state index in [1.54, 1.807) is 7.11 Å². The first-order chi connectivity index (χ1) is 9.81. The van der Waals surface area contributed by atoms with E-state index >= 15 is 0 Å². The third-order valence-corrected chi connectivity index (χ3v) is 4.19. The summed E-state index contributed by atoms with van der Waals surface area (Å²) in [4.78, 5) is 2.45. The Balaban J connectivity index is 1.80. The highest BCUT2D eigenvalue weighted by atomic mass is 16.5. The third-order valence-electron chi connectivity index (χ3n) is 4.19. The van der Waals surface area contributed by atoms with Crippen molar-refractivity contribution in [2.75, 3.05) is 20.3 Å². The van der Waals surface area contributed by atoms with Crippen LogP contribution in [0.15, 0.2) is 29.4 Å². The van der Waals surface area contributed by atoms with E-state index < -0.39 is 0 Å². The van der Waals surface area contributed by atoms with Crippen LogP contribution < -0.4 is 4.74 Å². The Bertz CT molecular complexity index is 488. The van der Waals surface area contributed by atoms with Gasteiger partial charge in [-0.1, -0.05) is 23.4 Å². The van der Waals surface area contributed by atoms with Crippen molar-refractivity contribution in [2.45, 2.75) is 31.5 Å². The Hall–Kier alpha value is -1.59. The molecular formula is C15H20N2O3. The van der Waals surface area contributed by atoms with E-state index in [2.05, 4.69) is 16.1 Å². The number of fused-ring (bicyclic) bond motifs is 2. The molecule has 2 atom stereocenters. The van der Waals surface area contributed by atoms with E-state index in [-0.39, 0.29) is 0 Å². The lowest BCUT2D eigenvalue weighted by atomic mass is 9.92. The van der Waals surface area contributed by atoms with Gasteiger partial charge >= 0.3 is 0 Å². The maximum absolute atomic E-state index is 9.01. The molecule has 1 N–H and O–H groups in total. The molecule has 2 aliphatic heterocycles. The fraction of sp³-hybridized carbons (Fsp3) is 0.533. The summed E-state index contributed by atoms with van der Waals surface area (Å²) >= 11 is 0. The van der Waals surface area contributed by atoms with Gasteiger partial charge in [-0.3, -0.25) is 4.90 Å². The summed E-state index contributed by atoms with van der Waals surface area (Å²) < 4.78 is 11.1. The summed E-state index contributed by atoms with van der Waals surface area (Å²) in [5.74, 6) is 0.924. The van der Waals surface area contributed by atoms with E-state index in [9.17, 15) is 0 Å². The van der Waals surface area contributed by atoms with Gasteiger partial charge in [0.2, 0.25) is 0 Å². The van der Waals surface area contributed by atoms with Crippen molar-refractivity contribution >= 4 is 5.71 Å². The normalized spacial score (nSPS) is 26.4. The van der Waals surface area contributed by atoms with Crippen molar-refractivity contribution < 1.29 is 14.7 Å². The smallest absolute Gasteiger partial charge is 0.123 e. The molecule has 2 fully saturated rings. The molecule has 108 valence electrons. The van der Waals surface area contributed by atoms with Crippen LogP contribution in [0.3, 0.4) is 0 Å². The Morgan fingerprint density at radius 2 is 2.00 bits per heavy atom. The number of nitrogens with zero attached hydrogens (tertiary/aromatic N) is 2. The number of methoxy groups -OCH3 is 1. The second-order valence-corrected chi connectivity index (χ2v) is 5.40. The molecule has 5 nitrogen and oxygen atoms in total. The first kappa shape index (κ1) is 13.4. The maximum atomic E-state index is 9.01. The minimum absolute atomic E-state index is 0.290. The van der Waals surface area contributed by atoms with Gasteiger partial charge in [0.1, 0.15) is 5.75 Å². The first-order valence-corrected chi connectivity index (χ1v) is 6.97. The van der Waals surface area contributed by atoms with E-state index in [1.807, 2.05) is 18.2 Å². The minimum Gasteiger partial charge on any atom is -0.496 e. The van der Waals surface area contributed by atoms with Crippen molar-refractivity contribution in [1.82, 2.24) is 4.90 Å². The Morgan fingerprint density at radius 1 is 1.30 bits per heavy atom. The molecule has 1 aromatic rings. The van der Waals surface area contributed by atoms with Crippen LogP contribution in [0.2, 0.25) is 0 Å². The summed E-state index contributed by atoms with van der Waals surface area (Å²) in [6.45, 7) is 2.25. The summed E-state index contributed by atoms with van der Waals surface area (Å²) in [6, 6.07) is 8.70. The van der Waals surface area contributed by atoms with Crippen LogP contribution in [-0.4, -0.2) is 48.2 Å². The maximum Gasteiger partial charge on any atom is 0.123 e. The molecule has 2 bridgehead atoms. The topological polar surface area (TPSA) is 54.3 Å². The van der Waals surface area contributed by atoms with Gasteiger partial charge in [-0.05, 0) is 6.07 Å². The molecule has 5 heteroatoms. The average molecular weight is 276 g/mol. The number of benzene rings is 1. The first-order valence-electron chi connectivity index (χ1n) is 6.97. The molecule has 2 saturated heterocycles. The van der Waals surface area contributed by atoms with E-state index in [1.165, 1.54) is 5.56 Å². The summed E-state index contributed by atoms with van der Waals surface area (Å²) in [5, 5.41) is 12.4. The van der Waals surface area contributed by atoms with E-state index in [0.717, 1.165) is 30.8 Å². The molecule has 0 spiro atoms. The Morgan fingerprint density at radius 3 is 2.65 bits per heavy atom. The number of ether oxygens (including phenoxy) is 2. The lowest BCUT2D eigenvalue weighted by molar-refractivity contribution is -0.0577. The van der Waals surface area contributed by atoms with E-state index in [0.29, 0.717) is 25.3 Å². The third kappa shape index (κ3) is 2.51. The summed E-state index contributed by atoms with van der Waals surface area (Å²) in [6.07, 6.45) is 1.56. The van der Waals surface area contributed by atoms with Gasteiger partial charge in [0, 0.05) is 37.0 Å². The molecule has 0 aromatic heterocycles. The van der Waals surface area contributed by atoms with Crippen LogP contribution in [0.4, 0.5) is 0 Å². The van der Waals surface area contributed by atoms with Crippen molar-refractivity contribution in [3.63, 3.8) is 0 Å².